The quantitative estimate of drug-likeness (QED) is 0.235. The predicted octanol–water partition coefficient (Wildman–Crippen LogP) is 5.51. The van der Waals surface area contributed by atoms with E-state index in [-0.39, 0.29) is 28.2 Å². The Kier molecular flexibility index (Phi) is 6.46. The molecule has 0 atom stereocenters. The van der Waals surface area contributed by atoms with E-state index >= 15 is 4.39 Å². The molecule has 0 aliphatic rings. The van der Waals surface area contributed by atoms with E-state index in [1.165, 1.54) is 11.0 Å². The number of carbonyl (C=O) groups excluding carboxylic acids is 1. The highest BCUT2D eigenvalue weighted by Gasteiger charge is 2.26. The SMILES string of the molecule is CCN(C)C(=O)c1c(Nc2cc(-c3ccc4nccnc4c3)[nH]n2)ncnc1Oc1cc(F)c2[nH]c(C)cc2c1F. The molecule has 0 saturated carbocycles. The average molecular weight is 556 g/mol. The van der Waals surface area contributed by atoms with E-state index in [0.717, 1.165) is 29.0 Å². The molecular formula is C28H23F2N9O2. The van der Waals surface area contributed by atoms with Crippen molar-refractivity contribution in [1.82, 2.24) is 40.0 Å². The summed E-state index contributed by atoms with van der Waals surface area (Å²) >= 11 is 0. The van der Waals surface area contributed by atoms with Crippen LogP contribution in [0.25, 0.3) is 33.2 Å². The Balaban J connectivity index is 1.37. The number of carbonyl (C=O) groups is 1. The first kappa shape index (κ1) is 25.8. The van der Waals surface area contributed by atoms with Crippen LogP contribution in [-0.4, -0.2) is 59.5 Å². The monoisotopic (exact) mass is 555 g/mol. The summed E-state index contributed by atoms with van der Waals surface area (Å²) < 4.78 is 35.8. The minimum absolute atomic E-state index is 0.0205. The molecule has 0 aliphatic carbocycles. The lowest BCUT2D eigenvalue weighted by Crippen LogP contribution is -2.28. The zero-order valence-electron chi connectivity index (χ0n) is 22.2. The Morgan fingerprint density at radius 2 is 1.85 bits per heavy atom. The summed E-state index contributed by atoms with van der Waals surface area (Å²) in [7, 11) is 1.59. The van der Waals surface area contributed by atoms with Crippen molar-refractivity contribution in [3.63, 3.8) is 0 Å². The summed E-state index contributed by atoms with van der Waals surface area (Å²) in [5, 5.41) is 10.3. The Hall–Kier alpha value is -5.46. The molecule has 0 bridgehead atoms. The Labute approximate surface area is 231 Å². The summed E-state index contributed by atoms with van der Waals surface area (Å²) in [5.41, 5.74) is 3.50. The minimum atomic E-state index is -0.793. The van der Waals surface area contributed by atoms with Gasteiger partial charge in [0.15, 0.2) is 29.0 Å². The maximum atomic E-state index is 15.3. The Morgan fingerprint density at radius 3 is 2.66 bits per heavy atom. The molecule has 6 rings (SSSR count). The second kappa shape index (κ2) is 10.3. The molecule has 0 fully saturated rings. The van der Waals surface area contributed by atoms with E-state index < -0.39 is 23.3 Å². The lowest BCUT2D eigenvalue weighted by molar-refractivity contribution is 0.0799. The predicted molar refractivity (Wildman–Crippen MR) is 148 cm³/mol. The molecule has 13 heteroatoms. The number of nitrogens with one attached hydrogen (secondary N) is 3. The molecule has 0 aliphatic heterocycles. The molecule has 0 spiro atoms. The highest BCUT2D eigenvalue weighted by Crippen LogP contribution is 2.35. The summed E-state index contributed by atoms with van der Waals surface area (Å²) in [4.78, 5) is 34.6. The summed E-state index contributed by atoms with van der Waals surface area (Å²) in [5.74, 6) is -2.25. The van der Waals surface area contributed by atoms with E-state index in [1.54, 1.807) is 39.4 Å². The van der Waals surface area contributed by atoms with Crippen molar-refractivity contribution >= 4 is 39.5 Å². The zero-order valence-corrected chi connectivity index (χ0v) is 22.2. The molecule has 11 nitrogen and oxygen atoms in total. The maximum absolute atomic E-state index is 15.3. The van der Waals surface area contributed by atoms with Crippen LogP contribution in [0.15, 0.2) is 55.1 Å². The van der Waals surface area contributed by atoms with Gasteiger partial charge in [-0.1, -0.05) is 6.07 Å². The third kappa shape index (κ3) is 4.77. The van der Waals surface area contributed by atoms with E-state index in [2.05, 4.69) is 40.4 Å². The number of anilines is 2. The van der Waals surface area contributed by atoms with E-state index in [4.69, 9.17) is 4.74 Å². The Bertz CT molecular complexity index is 1940. The Morgan fingerprint density at radius 1 is 1.05 bits per heavy atom. The van der Waals surface area contributed by atoms with E-state index in [0.29, 0.717) is 23.8 Å². The molecule has 4 aromatic heterocycles. The summed E-state index contributed by atoms with van der Waals surface area (Å²) in [6.07, 6.45) is 4.40. The van der Waals surface area contributed by atoms with Gasteiger partial charge in [-0.05, 0) is 32.0 Å². The molecule has 1 amide bonds. The normalized spacial score (nSPS) is 11.2. The number of H-pyrrole nitrogens is 2. The van der Waals surface area contributed by atoms with Crippen molar-refractivity contribution in [2.24, 2.45) is 0 Å². The first-order chi connectivity index (χ1) is 19.8. The van der Waals surface area contributed by atoms with Crippen molar-refractivity contribution in [2.75, 3.05) is 18.9 Å². The number of benzene rings is 2. The van der Waals surface area contributed by atoms with Gasteiger partial charge >= 0.3 is 0 Å². The number of aromatic amines is 2. The largest absolute Gasteiger partial charge is 0.435 e. The fourth-order valence-electron chi connectivity index (χ4n) is 4.37. The van der Waals surface area contributed by atoms with Gasteiger partial charge in [0.1, 0.15) is 11.9 Å². The minimum Gasteiger partial charge on any atom is -0.435 e. The molecule has 206 valence electrons. The van der Waals surface area contributed by atoms with Crippen molar-refractivity contribution in [3.05, 3.63) is 78.0 Å². The van der Waals surface area contributed by atoms with Crippen molar-refractivity contribution in [1.29, 1.82) is 0 Å². The topological polar surface area (TPSA) is 138 Å². The first-order valence-corrected chi connectivity index (χ1v) is 12.6. The number of nitrogens with zero attached hydrogens (tertiary/aromatic N) is 6. The van der Waals surface area contributed by atoms with Crippen LogP contribution < -0.4 is 10.1 Å². The molecule has 3 N–H and O–H groups in total. The lowest BCUT2D eigenvalue weighted by atomic mass is 10.1. The van der Waals surface area contributed by atoms with Gasteiger partial charge in [0, 0.05) is 54.8 Å². The van der Waals surface area contributed by atoms with Crippen molar-refractivity contribution in [2.45, 2.75) is 13.8 Å². The molecule has 4 heterocycles. The van der Waals surface area contributed by atoms with E-state index in [1.807, 2.05) is 18.2 Å². The van der Waals surface area contributed by atoms with Crippen LogP contribution in [0.2, 0.25) is 0 Å². The summed E-state index contributed by atoms with van der Waals surface area (Å²) in [6, 6.07) is 9.72. The van der Waals surface area contributed by atoms with Gasteiger partial charge in [-0.15, -0.1) is 0 Å². The standard InChI is InChI=1S/C28H23F2N9O2/c1-4-39(3)28(40)23-26(36-22-12-19(37-38-22)15-5-6-18-20(10-15)32-8-7-31-18)33-13-34-27(23)41-21-11-17(29)25-16(24(21)30)9-14(2)35-25/h5-13,35H,4H2,1-3H3,(H2,33,34,36,37,38). The fraction of sp³-hybridized carbons (Fsp3) is 0.143. The third-order valence-electron chi connectivity index (χ3n) is 6.56. The highest BCUT2D eigenvalue weighted by molar-refractivity contribution is 6.01. The number of fused-ring (bicyclic) bond motifs is 2. The number of aromatic nitrogens is 7. The van der Waals surface area contributed by atoms with Crippen LogP contribution >= 0.6 is 0 Å². The van der Waals surface area contributed by atoms with Gasteiger partial charge in [0.05, 0.1) is 22.2 Å². The molecule has 6 aromatic rings. The van der Waals surface area contributed by atoms with E-state index in [9.17, 15) is 9.18 Å². The number of halogens is 2. The molecular weight excluding hydrogens is 532 g/mol. The number of hydrogen-bond donors (Lipinski definition) is 3. The molecule has 0 unspecified atom stereocenters. The maximum Gasteiger partial charge on any atom is 0.262 e. The number of hydrogen-bond acceptors (Lipinski definition) is 8. The van der Waals surface area contributed by atoms with Gasteiger partial charge in [0.25, 0.3) is 5.91 Å². The van der Waals surface area contributed by atoms with Crippen LogP contribution in [0.4, 0.5) is 20.4 Å². The zero-order chi connectivity index (χ0) is 28.7. The van der Waals surface area contributed by atoms with Gasteiger partial charge < -0.3 is 19.9 Å². The van der Waals surface area contributed by atoms with Crippen LogP contribution in [0.5, 0.6) is 11.6 Å². The second-order valence-electron chi connectivity index (χ2n) is 9.29. The van der Waals surface area contributed by atoms with Gasteiger partial charge in [-0.2, -0.15) is 5.10 Å². The van der Waals surface area contributed by atoms with Crippen molar-refractivity contribution < 1.29 is 18.3 Å². The summed E-state index contributed by atoms with van der Waals surface area (Å²) in [6.45, 7) is 3.84. The van der Waals surface area contributed by atoms with Crippen LogP contribution in [0, 0.1) is 18.6 Å². The number of ether oxygens (including phenoxy) is 1. The average Bonchev–Trinajstić information content (AvgIpc) is 3.62. The van der Waals surface area contributed by atoms with Crippen LogP contribution in [0.1, 0.15) is 23.0 Å². The fourth-order valence-corrected chi connectivity index (χ4v) is 4.37. The van der Waals surface area contributed by atoms with Crippen molar-refractivity contribution in [3.8, 4) is 22.9 Å². The molecule has 2 aromatic carbocycles. The number of amides is 1. The smallest absolute Gasteiger partial charge is 0.262 e. The van der Waals surface area contributed by atoms with Gasteiger partial charge in [-0.25, -0.2) is 18.7 Å². The number of aryl methyl sites for hydroxylation is 1. The molecule has 41 heavy (non-hydrogen) atoms. The lowest BCUT2D eigenvalue weighted by Gasteiger charge is -2.19. The van der Waals surface area contributed by atoms with Crippen LogP contribution in [-0.2, 0) is 0 Å². The molecule has 0 radical (unpaired) electrons. The first-order valence-electron chi connectivity index (χ1n) is 12.6. The van der Waals surface area contributed by atoms with Gasteiger partial charge in [0.2, 0.25) is 5.88 Å². The second-order valence-corrected chi connectivity index (χ2v) is 9.29. The van der Waals surface area contributed by atoms with Gasteiger partial charge in [-0.3, -0.25) is 19.9 Å². The molecule has 0 saturated heterocycles. The third-order valence-corrected chi connectivity index (χ3v) is 6.56. The highest BCUT2D eigenvalue weighted by atomic mass is 19.1. The van der Waals surface area contributed by atoms with Crippen LogP contribution in [0.3, 0.4) is 0 Å². The number of rotatable bonds is 7.